The Morgan fingerprint density at radius 1 is 1.19 bits per heavy atom. The molecule has 3 rings (SSSR count). The molecule has 3 saturated carbocycles. The van der Waals surface area contributed by atoms with E-state index < -0.39 is 5.92 Å². The van der Waals surface area contributed by atoms with Crippen LogP contribution >= 0.6 is 0 Å². The first kappa shape index (κ1) is 16.3. The summed E-state index contributed by atoms with van der Waals surface area (Å²) in [6.45, 7) is 10.5. The molecule has 0 aromatic carbocycles. The molecule has 0 radical (unpaired) electrons. The summed E-state index contributed by atoms with van der Waals surface area (Å²) in [5.74, 6) is 0.833. The van der Waals surface area contributed by atoms with Crippen LogP contribution in [0.1, 0.15) is 47.5 Å². The van der Waals surface area contributed by atoms with Crippen molar-refractivity contribution in [3.63, 3.8) is 0 Å². The first-order chi connectivity index (χ1) is 9.70. The second kappa shape index (κ2) is 5.62. The lowest BCUT2D eigenvalue weighted by Crippen LogP contribution is -2.61. The number of methoxy groups -OCH3 is 1. The van der Waals surface area contributed by atoms with Gasteiger partial charge in [0.2, 0.25) is 5.91 Å². The van der Waals surface area contributed by atoms with Crippen LogP contribution in [0.15, 0.2) is 0 Å². The average molecular weight is 295 g/mol. The molecule has 1 N–H and O–H groups in total. The van der Waals surface area contributed by atoms with Crippen molar-refractivity contribution in [3.05, 3.63) is 0 Å². The highest BCUT2D eigenvalue weighted by Crippen LogP contribution is 2.61. The summed E-state index contributed by atoms with van der Waals surface area (Å²) < 4.78 is 4.73. The Kier molecular flexibility index (Phi) is 4.36. The smallest absolute Gasteiger partial charge is 0.309 e. The van der Waals surface area contributed by atoms with Gasteiger partial charge in [-0.25, -0.2) is 0 Å². The van der Waals surface area contributed by atoms with Crippen molar-refractivity contribution < 1.29 is 14.3 Å². The molecule has 0 spiro atoms. The highest BCUT2D eigenvalue weighted by Gasteiger charge is 2.56. The molecule has 2 bridgehead atoms. The molecule has 0 aromatic heterocycles. The maximum absolute atomic E-state index is 12.4. The molecule has 120 valence electrons. The molecule has 6 atom stereocenters. The van der Waals surface area contributed by atoms with Gasteiger partial charge in [-0.1, -0.05) is 34.6 Å². The normalized spacial score (nSPS) is 36.1. The largest absolute Gasteiger partial charge is 0.469 e. The highest BCUT2D eigenvalue weighted by molar-refractivity contribution is 5.85. The van der Waals surface area contributed by atoms with Gasteiger partial charge in [0, 0.05) is 12.0 Å². The second-order valence-electron chi connectivity index (χ2n) is 7.67. The summed E-state index contributed by atoms with van der Waals surface area (Å²) in [6, 6.07) is 0.251. The number of carbonyl (C=O) groups excluding carboxylic acids is 2. The predicted octanol–water partition coefficient (Wildman–Crippen LogP) is 2.62. The van der Waals surface area contributed by atoms with Crippen LogP contribution in [-0.2, 0) is 14.3 Å². The van der Waals surface area contributed by atoms with Crippen molar-refractivity contribution in [2.24, 2.45) is 35.0 Å². The van der Waals surface area contributed by atoms with Crippen molar-refractivity contribution >= 4 is 11.9 Å². The topological polar surface area (TPSA) is 55.4 Å². The summed E-state index contributed by atoms with van der Waals surface area (Å²) in [5.41, 5.74) is 0.422. The molecule has 4 unspecified atom stereocenters. The number of nitrogens with one attached hydrogen (secondary N) is 1. The number of rotatable bonds is 4. The average Bonchev–Trinajstić information content (AvgIpc) is 2.45. The van der Waals surface area contributed by atoms with E-state index in [4.69, 9.17) is 4.74 Å². The van der Waals surface area contributed by atoms with E-state index >= 15 is 0 Å². The van der Waals surface area contributed by atoms with Crippen LogP contribution < -0.4 is 5.32 Å². The standard InChI is InChI=1S/C17H29NO3/c1-9(10(2)16(20)21-6)15(19)18-14-8-12-7-13(11(14)3)17(12,4)5/h9-14H,7-8H2,1-6H3,(H,18,19)/t9?,10?,11?,12-,13?,14+/m0/s1. The Balaban J connectivity index is 1.94. The Morgan fingerprint density at radius 2 is 1.81 bits per heavy atom. The quantitative estimate of drug-likeness (QED) is 0.811. The summed E-state index contributed by atoms with van der Waals surface area (Å²) in [6.07, 6.45) is 2.37. The summed E-state index contributed by atoms with van der Waals surface area (Å²) in [4.78, 5) is 23.9. The SMILES string of the molecule is COC(=O)C(C)C(C)C(=O)N[C@@H]1C[C@@H]2CC(C1C)C2(C)C. The fourth-order valence-electron chi connectivity index (χ4n) is 4.27. The van der Waals surface area contributed by atoms with Crippen molar-refractivity contribution in [2.75, 3.05) is 7.11 Å². The molecule has 21 heavy (non-hydrogen) atoms. The molecule has 3 fully saturated rings. The zero-order valence-electron chi connectivity index (χ0n) is 14.1. The zero-order chi connectivity index (χ0) is 15.9. The number of esters is 1. The van der Waals surface area contributed by atoms with Gasteiger partial charge in [-0.2, -0.15) is 0 Å². The van der Waals surface area contributed by atoms with Gasteiger partial charge in [-0.15, -0.1) is 0 Å². The van der Waals surface area contributed by atoms with Gasteiger partial charge >= 0.3 is 5.97 Å². The van der Waals surface area contributed by atoms with Gasteiger partial charge in [0.15, 0.2) is 0 Å². The van der Waals surface area contributed by atoms with Crippen LogP contribution in [-0.4, -0.2) is 25.0 Å². The third-order valence-corrected chi connectivity index (χ3v) is 6.42. The fraction of sp³-hybridized carbons (Fsp3) is 0.882. The van der Waals surface area contributed by atoms with Crippen molar-refractivity contribution in [3.8, 4) is 0 Å². The minimum absolute atomic E-state index is 0.0242. The molecule has 0 heterocycles. The Labute approximate surface area is 128 Å². The van der Waals surface area contributed by atoms with E-state index in [2.05, 4.69) is 26.1 Å². The molecule has 1 amide bonds. The molecule has 0 aliphatic heterocycles. The van der Waals surface area contributed by atoms with Crippen LogP contribution in [0, 0.1) is 35.0 Å². The summed E-state index contributed by atoms with van der Waals surface area (Å²) in [5, 5.41) is 3.18. The van der Waals surface area contributed by atoms with Gasteiger partial charge in [0.05, 0.1) is 13.0 Å². The molecule has 3 aliphatic carbocycles. The maximum Gasteiger partial charge on any atom is 0.309 e. The fourth-order valence-corrected chi connectivity index (χ4v) is 4.27. The number of hydrogen-bond acceptors (Lipinski definition) is 3. The molecule has 4 nitrogen and oxygen atoms in total. The zero-order valence-corrected chi connectivity index (χ0v) is 14.1. The number of amides is 1. The predicted molar refractivity (Wildman–Crippen MR) is 81.4 cm³/mol. The number of hydrogen-bond donors (Lipinski definition) is 1. The molecule has 3 aliphatic rings. The van der Waals surface area contributed by atoms with Crippen LogP contribution in [0.2, 0.25) is 0 Å². The van der Waals surface area contributed by atoms with E-state index in [-0.39, 0.29) is 23.8 Å². The lowest BCUT2D eigenvalue weighted by Gasteiger charge is -2.62. The Morgan fingerprint density at radius 3 is 2.29 bits per heavy atom. The van der Waals surface area contributed by atoms with Gasteiger partial charge in [-0.05, 0) is 36.0 Å². The van der Waals surface area contributed by atoms with E-state index in [1.54, 1.807) is 13.8 Å². The van der Waals surface area contributed by atoms with Crippen molar-refractivity contribution in [2.45, 2.75) is 53.5 Å². The van der Waals surface area contributed by atoms with Crippen LogP contribution in [0.5, 0.6) is 0 Å². The Bertz CT molecular complexity index is 432. The van der Waals surface area contributed by atoms with Crippen LogP contribution in [0.3, 0.4) is 0 Å². The lowest BCUT2D eigenvalue weighted by atomic mass is 9.45. The van der Waals surface area contributed by atoms with E-state index in [1.807, 2.05) is 0 Å². The third-order valence-electron chi connectivity index (χ3n) is 6.42. The highest BCUT2D eigenvalue weighted by atomic mass is 16.5. The number of ether oxygens (including phenoxy) is 1. The van der Waals surface area contributed by atoms with E-state index in [0.29, 0.717) is 17.3 Å². The second-order valence-corrected chi connectivity index (χ2v) is 7.67. The number of carbonyl (C=O) groups is 2. The van der Waals surface area contributed by atoms with E-state index in [1.165, 1.54) is 13.5 Å². The molecule has 4 heteroatoms. The minimum Gasteiger partial charge on any atom is -0.469 e. The van der Waals surface area contributed by atoms with Crippen molar-refractivity contribution in [1.82, 2.24) is 5.32 Å². The van der Waals surface area contributed by atoms with Gasteiger partial charge in [-0.3, -0.25) is 9.59 Å². The first-order valence-corrected chi connectivity index (χ1v) is 8.08. The molecule has 0 saturated heterocycles. The lowest BCUT2D eigenvalue weighted by molar-refractivity contribution is -0.150. The van der Waals surface area contributed by atoms with E-state index in [0.717, 1.165) is 12.3 Å². The molecular formula is C17H29NO3. The summed E-state index contributed by atoms with van der Waals surface area (Å²) in [7, 11) is 1.36. The first-order valence-electron chi connectivity index (χ1n) is 8.08. The third kappa shape index (κ3) is 2.69. The minimum atomic E-state index is -0.403. The summed E-state index contributed by atoms with van der Waals surface area (Å²) >= 11 is 0. The van der Waals surface area contributed by atoms with Gasteiger partial charge < -0.3 is 10.1 Å². The maximum atomic E-state index is 12.4. The van der Waals surface area contributed by atoms with Crippen molar-refractivity contribution in [1.29, 1.82) is 0 Å². The van der Waals surface area contributed by atoms with Gasteiger partial charge in [0.1, 0.15) is 0 Å². The molecule has 0 aromatic rings. The van der Waals surface area contributed by atoms with Crippen LogP contribution in [0.25, 0.3) is 0 Å². The van der Waals surface area contributed by atoms with Gasteiger partial charge in [0.25, 0.3) is 0 Å². The van der Waals surface area contributed by atoms with Crippen LogP contribution in [0.4, 0.5) is 0 Å². The number of fused-ring (bicyclic) bond motifs is 2. The monoisotopic (exact) mass is 295 g/mol. The Hall–Kier alpha value is -1.06. The van der Waals surface area contributed by atoms with E-state index in [9.17, 15) is 9.59 Å². The molecular weight excluding hydrogens is 266 g/mol.